The molecule has 1 aliphatic rings. The maximum atomic E-state index is 3.73. The molecule has 0 radical (unpaired) electrons. The highest BCUT2D eigenvalue weighted by molar-refractivity contribution is 5.39. The van der Waals surface area contributed by atoms with Crippen LogP contribution in [-0.4, -0.2) is 13.1 Å². The van der Waals surface area contributed by atoms with Crippen LogP contribution in [0, 0.1) is 23.7 Å². The van der Waals surface area contributed by atoms with Gasteiger partial charge in [0, 0.05) is 12.0 Å². The van der Waals surface area contributed by atoms with Gasteiger partial charge in [-0.05, 0) is 50.3 Å². The Bertz CT molecular complexity index is 372. The number of unbranched alkanes of at least 4 members (excludes halogenated alkanes) is 1. The first-order chi connectivity index (χ1) is 9.76. The molecular formula is C19H29N. The second-order valence-corrected chi connectivity index (χ2v) is 5.80. The third-order valence-electron chi connectivity index (χ3n) is 3.97. The fourth-order valence-corrected chi connectivity index (χ4v) is 2.59. The Morgan fingerprint density at radius 1 is 1.25 bits per heavy atom. The lowest BCUT2D eigenvalue weighted by atomic mass is 9.83. The number of hydrogen-bond donors (Lipinski definition) is 1. The fourth-order valence-electron chi connectivity index (χ4n) is 2.59. The van der Waals surface area contributed by atoms with Gasteiger partial charge in [0.15, 0.2) is 0 Å². The van der Waals surface area contributed by atoms with Crippen LogP contribution in [0.1, 0.15) is 45.4 Å². The molecule has 1 N–H and O–H groups in total. The fraction of sp³-hybridized carbons (Fsp3) is 0.579. The molecule has 0 aromatic heterocycles. The Hall–Kier alpha value is -1.26. The Morgan fingerprint density at radius 3 is 2.65 bits per heavy atom. The molecular weight excluding hydrogens is 242 g/mol. The molecule has 1 rings (SSSR count). The third kappa shape index (κ3) is 7.36. The van der Waals surface area contributed by atoms with E-state index >= 15 is 0 Å². The van der Waals surface area contributed by atoms with E-state index in [2.05, 4.69) is 37.2 Å². The lowest BCUT2D eigenvalue weighted by Gasteiger charge is -2.26. The summed E-state index contributed by atoms with van der Waals surface area (Å²) in [4.78, 5) is 0. The molecule has 0 aromatic rings. The van der Waals surface area contributed by atoms with E-state index in [0.29, 0.717) is 0 Å². The predicted molar refractivity (Wildman–Crippen MR) is 89.5 cm³/mol. The quantitative estimate of drug-likeness (QED) is 0.409. The van der Waals surface area contributed by atoms with Crippen LogP contribution in [-0.2, 0) is 0 Å². The zero-order valence-electron chi connectivity index (χ0n) is 13.0. The number of nitrogens with one attached hydrogen (secondary N) is 1. The normalized spacial score (nSPS) is 22.8. The molecule has 1 fully saturated rings. The standard InChI is InChI=1S/C19H29N/c1-4-9-18(5-2)10-7-6-8-15-20-16-19-13-11-17(3)12-14-19/h4-5,9,17,19-20H,1-2,6,8,11-16H2,3H3/b18-9+. The van der Waals surface area contributed by atoms with Gasteiger partial charge < -0.3 is 5.32 Å². The van der Waals surface area contributed by atoms with Crippen LogP contribution in [0.5, 0.6) is 0 Å². The van der Waals surface area contributed by atoms with Crippen molar-refractivity contribution in [1.29, 1.82) is 0 Å². The minimum absolute atomic E-state index is 0.903. The lowest BCUT2D eigenvalue weighted by molar-refractivity contribution is 0.282. The van der Waals surface area contributed by atoms with Crippen molar-refractivity contribution in [1.82, 2.24) is 5.32 Å². The number of hydrogen-bond acceptors (Lipinski definition) is 1. The summed E-state index contributed by atoms with van der Waals surface area (Å²) in [6.45, 7) is 12.0. The van der Waals surface area contributed by atoms with Crippen LogP contribution in [0.2, 0.25) is 0 Å². The van der Waals surface area contributed by atoms with Gasteiger partial charge in [-0.25, -0.2) is 0 Å². The van der Waals surface area contributed by atoms with E-state index in [0.717, 1.165) is 36.8 Å². The Labute approximate surface area is 125 Å². The van der Waals surface area contributed by atoms with E-state index in [1.165, 1.54) is 32.2 Å². The third-order valence-corrected chi connectivity index (χ3v) is 3.97. The van der Waals surface area contributed by atoms with Crippen LogP contribution in [0.4, 0.5) is 0 Å². The Morgan fingerprint density at radius 2 is 2.00 bits per heavy atom. The predicted octanol–water partition coefficient (Wildman–Crippen LogP) is 4.48. The summed E-state index contributed by atoms with van der Waals surface area (Å²) in [5.74, 6) is 8.15. The van der Waals surface area contributed by atoms with E-state index in [1.54, 1.807) is 12.2 Å². The van der Waals surface area contributed by atoms with Crippen LogP contribution in [0.25, 0.3) is 0 Å². The zero-order valence-corrected chi connectivity index (χ0v) is 13.0. The van der Waals surface area contributed by atoms with Crippen molar-refractivity contribution >= 4 is 0 Å². The lowest BCUT2D eigenvalue weighted by Crippen LogP contribution is -2.26. The Balaban J connectivity index is 2.05. The maximum absolute atomic E-state index is 3.73. The first-order valence-electron chi connectivity index (χ1n) is 7.91. The monoisotopic (exact) mass is 271 g/mol. The van der Waals surface area contributed by atoms with Crippen molar-refractivity contribution in [3.8, 4) is 11.8 Å². The molecule has 0 aliphatic heterocycles. The van der Waals surface area contributed by atoms with E-state index in [9.17, 15) is 0 Å². The van der Waals surface area contributed by atoms with Gasteiger partial charge in [-0.3, -0.25) is 0 Å². The number of allylic oxidation sites excluding steroid dienone is 4. The van der Waals surface area contributed by atoms with Gasteiger partial charge in [-0.2, -0.15) is 0 Å². The maximum Gasteiger partial charge on any atom is 0.0239 e. The van der Waals surface area contributed by atoms with Gasteiger partial charge in [0.25, 0.3) is 0 Å². The molecule has 1 heteroatoms. The molecule has 0 aromatic carbocycles. The van der Waals surface area contributed by atoms with Crippen LogP contribution in [0.3, 0.4) is 0 Å². The summed E-state index contributed by atoms with van der Waals surface area (Å²) >= 11 is 0. The zero-order chi connectivity index (χ0) is 14.6. The summed E-state index contributed by atoms with van der Waals surface area (Å²) in [5, 5.41) is 3.58. The average molecular weight is 271 g/mol. The molecule has 0 spiro atoms. The van der Waals surface area contributed by atoms with Crippen molar-refractivity contribution in [2.75, 3.05) is 13.1 Å². The van der Waals surface area contributed by atoms with Gasteiger partial charge in [0.2, 0.25) is 0 Å². The van der Waals surface area contributed by atoms with Crippen LogP contribution < -0.4 is 5.32 Å². The largest absolute Gasteiger partial charge is 0.316 e. The minimum Gasteiger partial charge on any atom is -0.316 e. The molecule has 0 saturated heterocycles. The van der Waals surface area contributed by atoms with E-state index in [-0.39, 0.29) is 0 Å². The van der Waals surface area contributed by atoms with E-state index < -0.39 is 0 Å². The molecule has 1 nitrogen and oxygen atoms in total. The minimum atomic E-state index is 0.903. The molecule has 1 aliphatic carbocycles. The molecule has 0 unspecified atom stereocenters. The van der Waals surface area contributed by atoms with Crippen molar-refractivity contribution in [2.45, 2.75) is 45.4 Å². The molecule has 0 atom stereocenters. The highest BCUT2D eigenvalue weighted by atomic mass is 14.9. The van der Waals surface area contributed by atoms with Crippen molar-refractivity contribution in [3.63, 3.8) is 0 Å². The van der Waals surface area contributed by atoms with E-state index in [1.807, 2.05) is 6.08 Å². The van der Waals surface area contributed by atoms with Crippen molar-refractivity contribution < 1.29 is 0 Å². The molecule has 20 heavy (non-hydrogen) atoms. The van der Waals surface area contributed by atoms with Crippen LogP contribution in [0.15, 0.2) is 37.0 Å². The summed E-state index contributed by atoms with van der Waals surface area (Å²) in [5.41, 5.74) is 0.948. The highest BCUT2D eigenvalue weighted by Crippen LogP contribution is 2.27. The highest BCUT2D eigenvalue weighted by Gasteiger charge is 2.17. The van der Waals surface area contributed by atoms with Gasteiger partial charge in [0.05, 0.1) is 0 Å². The SMILES string of the molecule is C=C/C=C(/C#CCCCNCC1CCC(C)CC1)C=C. The van der Waals surface area contributed by atoms with E-state index in [4.69, 9.17) is 0 Å². The van der Waals surface area contributed by atoms with Crippen LogP contribution >= 0.6 is 0 Å². The average Bonchev–Trinajstić information content (AvgIpc) is 2.47. The summed E-state index contributed by atoms with van der Waals surface area (Å²) in [6.07, 6.45) is 13.1. The van der Waals surface area contributed by atoms with Gasteiger partial charge in [-0.15, -0.1) is 0 Å². The summed E-state index contributed by atoms with van der Waals surface area (Å²) < 4.78 is 0. The molecule has 1 saturated carbocycles. The molecule has 110 valence electrons. The Kier molecular flexibility index (Phi) is 8.83. The second kappa shape index (κ2) is 10.5. The molecule has 0 heterocycles. The molecule has 0 amide bonds. The topological polar surface area (TPSA) is 12.0 Å². The van der Waals surface area contributed by atoms with Gasteiger partial charge >= 0.3 is 0 Å². The van der Waals surface area contributed by atoms with Gasteiger partial charge in [-0.1, -0.05) is 56.9 Å². The number of rotatable bonds is 7. The molecule has 0 bridgehead atoms. The van der Waals surface area contributed by atoms with Crippen molar-refractivity contribution in [3.05, 3.63) is 37.0 Å². The summed E-state index contributed by atoms with van der Waals surface area (Å²) in [7, 11) is 0. The smallest absolute Gasteiger partial charge is 0.0239 e. The second-order valence-electron chi connectivity index (χ2n) is 5.80. The first-order valence-corrected chi connectivity index (χ1v) is 7.91. The van der Waals surface area contributed by atoms with Crippen molar-refractivity contribution in [2.24, 2.45) is 11.8 Å². The van der Waals surface area contributed by atoms with Gasteiger partial charge in [0.1, 0.15) is 0 Å². The first kappa shape index (κ1) is 16.8. The summed E-state index contributed by atoms with van der Waals surface area (Å²) in [6, 6.07) is 0.